The average molecular weight is 992 g/mol. The molecule has 0 saturated heterocycles. The van der Waals surface area contributed by atoms with E-state index in [0.717, 1.165) is 51.1 Å². The normalized spacial score (nSPS) is 12.9. The van der Waals surface area contributed by atoms with Crippen LogP contribution in [-0.4, -0.2) is 13.4 Å². The van der Waals surface area contributed by atoms with Gasteiger partial charge in [-0.05, 0) is 138 Å². The number of hydrogen-bond acceptors (Lipinski definition) is 4. The Morgan fingerprint density at radius 1 is 0.269 bits per heavy atom. The molecule has 362 valence electrons. The summed E-state index contributed by atoms with van der Waals surface area (Å²) in [5.41, 5.74) is 27.0. The van der Waals surface area contributed by atoms with Crippen molar-refractivity contribution >= 4 is 97.4 Å². The van der Waals surface area contributed by atoms with Crippen LogP contribution in [0.2, 0.25) is 0 Å². The predicted molar refractivity (Wildman–Crippen MR) is 328 cm³/mol. The van der Waals surface area contributed by atoms with Gasteiger partial charge in [-0.1, -0.05) is 212 Å². The van der Waals surface area contributed by atoms with Crippen LogP contribution >= 0.6 is 0 Å². The fraction of sp³-hybridized carbons (Fsp3) is 0. The summed E-state index contributed by atoms with van der Waals surface area (Å²) in [4.78, 5) is 7.43. The molecule has 12 aromatic rings. The molecule has 4 aliphatic heterocycles. The molecule has 4 nitrogen and oxygen atoms in total. The van der Waals surface area contributed by atoms with Gasteiger partial charge in [0.1, 0.15) is 11.5 Å². The molecule has 0 aliphatic carbocycles. The number of hydrogen-bond donors (Lipinski definition) is 0. The average Bonchev–Trinajstić information content (AvgIpc) is 2.72. The van der Waals surface area contributed by atoms with E-state index in [4.69, 9.17) is 4.74 Å². The number of rotatable bonds is 8. The molecule has 0 fully saturated rings. The molecule has 0 spiro atoms. The van der Waals surface area contributed by atoms with E-state index < -0.39 is 0 Å². The van der Waals surface area contributed by atoms with Crippen molar-refractivity contribution in [2.24, 2.45) is 0 Å². The van der Waals surface area contributed by atoms with E-state index in [1.54, 1.807) is 0 Å². The SMILES string of the molecule is c1ccc(-c2ccc(N3c4ccc(-c5ccccc5)cc4B4c5cc(-c6ccccc6)ccc5N5c6ccc(-c7ccccc7)cc6B6c7ccc(N(c8ccccc8)c8ccccc8)cc7Oc7cc3c4c5c76)cc2)cc1. The third-order valence-corrected chi connectivity index (χ3v) is 16.5. The molecular weight excluding hydrogens is 944 g/mol. The first-order valence-electron chi connectivity index (χ1n) is 27.0. The van der Waals surface area contributed by atoms with Gasteiger partial charge in [0, 0.05) is 63.3 Å². The van der Waals surface area contributed by atoms with E-state index in [0.29, 0.717) is 0 Å². The highest BCUT2D eigenvalue weighted by molar-refractivity contribution is 7.04. The molecule has 16 rings (SSSR count). The molecule has 0 bridgehead atoms. The van der Waals surface area contributed by atoms with E-state index in [9.17, 15) is 0 Å². The van der Waals surface area contributed by atoms with Crippen molar-refractivity contribution in [3.8, 4) is 56.0 Å². The number of anilines is 9. The molecule has 0 N–H and O–H groups in total. The molecule has 78 heavy (non-hydrogen) atoms. The van der Waals surface area contributed by atoms with Crippen LogP contribution in [0.4, 0.5) is 51.2 Å². The quantitative estimate of drug-likeness (QED) is 0.141. The lowest BCUT2D eigenvalue weighted by molar-refractivity contribution is 0.488. The number of para-hydroxylation sites is 2. The van der Waals surface area contributed by atoms with Crippen molar-refractivity contribution in [3.05, 3.63) is 285 Å². The third kappa shape index (κ3) is 6.96. The first kappa shape index (κ1) is 44.3. The number of ether oxygens (including phenoxy) is 1. The summed E-state index contributed by atoms with van der Waals surface area (Å²) in [6.45, 7) is -0.259. The molecule has 0 amide bonds. The second-order valence-corrected chi connectivity index (χ2v) is 20.8. The first-order chi connectivity index (χ1) is 38.7. The highest BCUT2D eigenvalue weighted by Crippen LogP contribution is 2.50. The van der Waals surface area contributed by atoms with Crippen molar-refractivity contribution in [1.82, 2.24) is 0 Å². The Morgan fingerprint density at radius 2 is 0.667 bits per heavy atom. The summed E-state index contributed by atoms with van der Waals surface area (Å²) in [5, 5.41) is 0. The van der Waals surface area contributed by atoms with Gasteiger partial charge in [0.25, 0.3) is 13.4 Å². The molecule has 0 saturated carbocycles. The summed E-state index contributed by atoms with van der Waals surface area (Å²) in [7, 11) is 0. The van der Waals surface area contributed by atoms with Crippen molar-refractivity contribution in [2.45, 2.75) is 0 Å². The molecular formula is C72H47B2N3O. The molecule has 0 unspecified atom stereocenters. The highest BCUT2D eigenvalue weighted by Gasteiger charge is 2.51. The second-order valence-electron chi connectivity index (χ2n) is 20.8. The predicted octanol–water partition coefficient (Wildman–Crippen LogP) is 14.8. The number of benzene rings is 12. The molecule has 0 aromatic heterocycles. The van der Waals surface area contributed by atoms with Crippen LogP contribution < -0.4 is 52.2 Å². The van der Waals surface area contributed by atoms with Crippen molar-refractivity contribution in [1.29, 1.82) is 0 Å². The lowest BCUT2D eigenvalue weighted by Crippen LogP contribution is -2.68. The van der Waals surface area contributed by atoms with Gasteiger partial charge in [0.15, 0.2) is 0 Å². The summed E-state index contributed by atoms with van der Waals surface area (Å²) in [6, 6.07) is 104. The van der Waals surface area contributed by atoms with Gasteiger partial charge in [-0.15, -0.1) is 0 Å². The standard InChI is InChI=1S/C72H47B2N3O/c1-7-19-48(20-8-1)52-31-36-58(37-32-52)76-64-40-33-53(49-21-9-2-10-22-49)43-61(64)74-63-45-55(51-25-13-4-14-26-51)35-42-66(63)77-65-41-34-54(50-23-11-3-12-24-50)44-62(65)73-60-39-38-59(46-68(60)78-69-47-67(76)70(74)72(77)71(69)73)75(56-27-15-5-16-28-56)57-29-17-6-18-30-57/h1-47H. The van der Waals surface area contributed by atoms with Gasteiger partial charge in [-0.2, -0.15) is 0 Å². The minimum atomic E-state index is -0.142. The van der Waals surface area contributed by atoms with Crippen molar-refractivity contribution in [3.63, 3.8) is 0 Å². The summed E-state index contributed by atoms with van der Waals surface area (Å²) >= 11 is 0. The molecule has 12 aromatic carbocycles. The Labute approximate surface area is 455 Å². The maximum atomic E-state index is 7.60. The maximum Gasteiger partial charge on any atom is 0.256 e. The van der Waals surface area contributed by atoms with E-state index in [1.807, 2.05) is 0 Å². The molecule has 6 heteroatoms. The van der Waals surface area contributed by atoms with Crippen LogP contribution in [0.25, 0.3) is 44.5 Å². The Bertz CT molecular complexity index is 4200. The van der Waals surface area contributed by atoms with Crippen LogP contribution in [0.5, 0.6) is 11.5 Å². The minimum Gasteiger partial charge on any atom is -0.458 e. The summed E-state index contributed by atoms with van der Waals surface area (Å²) in [5.74, 6) is 1.71. The van der Waals surface area contributed by atoms with Crippen LogP contribution in [0.1, 0.15) is 0 Å². The Kier molecular flexibility index (Phi) is 10.1. The van der Waals surface area contributed by atoms with Gasteiger partial charge in [-0.3, -0.25) is 0 Å². The van der Waals surface area contributed by atoms with Crippen LogP contribution in [0.3, 0.4) is 0 Å². The lowest BCUT2D eigenvalue weighted by Gasteiger charge is -2.49. The summed E-state index contributed by atoms with van der Waals surface area (Å²) < 4.78 is 7.60. The Morgan fingerprint density at radius 3 is 1.14 bits per heavy atom. The van der Waals surface area contributed by atoms with E-state index in [1.165, 1.54) is 88.9 Å². The Hall–Kier alpha value is -10.0. The van der Waals surface area contributed by atoms with Gasteiger partial charge < -0.3 is 19.4 Å². The molecule has 0 atom stereocenters. The van der Waals surface area contributed by atoms with Gasteiger partial charge in [0.05, 0.1) is 0 Å². The minimum absolute atomic E-state index is 0.117. The maximum absolute atomic E-state index is 7.60. The highest BCUT2D eigenvalue weighted by atomic mass is 16.5. The fourth-order valence-corrected chi connectivity index (χ4v) is 13.0. The van der Waals surface area contributed by atoms with Crippen LogP contribution in [0, 0.1) is 0 Å². The molecule has 4 aliphatic rings. The van der Waals surface area contributed by atoms with Crippen LogP contribution in [0.15, 0.2) is 285 Å². The number of nitrogens with zero attached hydrogens (tertiary/aromatic N) is 3. The topological polar surface area (TPSA) is 19.0 Å². The lowest BCUT2D eigenvalue weighted by atomic mass is 9.29. The van der Waals surface area contributed by atoms with Gasteiger partial charge >= 0.3 is 0 Å². The number of fused-ring (bicyclic) bond motifs is 10. The van der Waals surface area contributed by atoms with Crippen LogP contribution in [-0.2, 0) is 0 Å². The third-order valence-electron chi connectivity index (χ3n) is 16.5. The van der Waals surface area contributed by atoms with Crippen molar-refractivity contribution in [2.75, 3.05) is 14.7 Å². The zero-order valence-electron chi connectivity index (χ0n) is 42.5. The first-order valence-corrected chi connectivity index (χ1v) is 27.0. The Balaban J connectivity index is 0.988. The molecule has 4 heterocycles. The zero-order chi connectivity index (χ0) is 51.3. The fourth-order valence-electron chi connectivity index (χ4n) is 13.0. The largest absolute Gasteiger partial charge is 0.458 e. The molecule has 0 radical (unpaired) electrons. The van der Waals surface area contributed by atoms with Gasteiger partial charge in [0.2, 0.25) is 0 Å². The zero-order valence-corrected chi connectivity index (χ0v) is 42.5. The van der Waals surface area contributed by atoms with E-state index in [-0.39, 0.29) is 13.4 Å². The summed E-state index contributed by atoms with van der Waals surface area (Å²) in [6.07, 6.45) is 0. The van der Waals surface area contributed by atoms with E-state index >= 15 is 0 Å². The monoisotopic (exact) mass is 991 g/mol. The smallest absolute Gasteiger partial charge is 0.256 e. The van der Waals surface area contributed by atoms with E-state index in [2.05, 4.69) is 300 Å². The second kappa shape index (κ2) is 17.8. The van der Waals surface area contributed by atoms with Gasteiger partial charge in [-0.25, -0.2) is 0 Å². The van der Waals surface area contributed by atoms with Crippen molar-refractivity contribution < 1.29 is 4.74 Å².